The normalized spacial score (nSPS) is 12.1. The summed E-state index contributed by atoms with van der Waals surface area (Å²) in [5, 5.41) is 7.89. The molecule has 7 nitrogen and oxygen atoms in total. The van der Waals surface area contributed by atoms with Crippen molar-refractivity contribution in [3.8, 4) is 0 Å². The molecule has 0 bridgehead atoms. The maximum atomic E-state index is 13.0. The van der Waals surface area contributed by atoms with Crippen LogP contribution >= 0.6 is 11.8 Å². The predicted molar refractivity (Wildman–Crippen MR) is 129 cm³/mol. The van der Waals surface area contributed by atoms with Crippen molar-refractivity contribution in [2.45, 2.75) is 29.4 Å². The molecule has 176 valence electrons. The van der Waals surface area contributed by atoms with Crippen molar-refractivity contribution < 1.29 is 18.7 Å². The van der Waals surface area contributed by atoms with Gasteiger partial charge >= 0.3 is 5.97 Å². The van der Waals surface area contributed by atoms with Gasteiger partial charge in [-0.05, 0) is 48.5 Å². The van der Waals surface area contributed by atoms with E-state index in [1.165, 1.54) is 28.9 Å². The van der Waals surface area contributed by atoms with Crippen molar-refractivity contribution in [1.82, 2.24) is 15.0 Å². The number of ketones is 1. The largest absolute Gasteiger partial charge is 0.459 e. The van der Waals surface area contributed by atoms with Crippen LogP contribution in [0, 0.1) is 5.82 Å². The molecule has 0 unspecified atom stereocenters. The summed E-state index contributed by atoms with van der Waals surface area (Å²) < 4.78 is 19.8. The van der Waals surface area contributed by atoms with Gasteiger partial charge in [-0.1, -0.05) is 41.2 Å². The molecule has 0 spiro atoms. The van der Waals surface area contributed by atoms with Crippen LogP contribution in [0.1, 0.15) is 22.5 Å². The summed E-state index contributed by atoms with van der Waals surface area (Å²) in [6.45, 7) is 0.400. The molecule has 35 heavy (non-hydrogen) atoms. The van der Waals surface area contributed by atoms with Gasteiger partial charge in [0, 0.05) is 21.9 Å². The van der Waals surface area contributed by atoms with Crippen LogP contribution in [0.2, 0.25) is 0 Å². The second-order valence-corrected chi connectivity index (χ2v) is 9.02. The fraction of sp³-hybridized carbons (Fsp3) is 0.154. The van der Waals surface area contributed by atoms with Gasteiger partial charge in [0.15, 0.2) is 5.78 Å². The number of para-hydroxylation sites is 2. The summed E-state index contributed by atoms with van der Waals surface area (Å²) in [6, 6.07) is 21.6. The van der Waals surface area contributed by atoms with E-state index >= 15 is 0 Å². The molecule has 0 saturated heterocycles. The maximum absolute atomic E-state index is 13.0. The van der Waals surface area contributed by atoms with Crippen molar-refractivity contribution >= 4 is 34.9 Å². The molecule has 1 aliphatic rings. The van der Waals surface area contributed by atoms with Gasteiger partial charge in [-0.2, -0.15) is 0 Å². The molecule has 4 aromatic rings. The van der Waals surface area contributed by atoms with Gasteiger partial charge < -0.3 is 9.64 Å². The first-order valence-electron chi connectivity index (χ1n) is 11.0. The lowest BCUT2D eigenvalue weighted by Gasteiger charge is -2.32. The molecule has 1 aliphatic heterocycles. The molecule has 5 rings (SSSR count). The Labute approximate surface area is 205 Å². The van der Waals surface area contributed by atoms with Gasteiger partial charge in [0.2, 0.25) is 0 Å². The number of aromatic nitrogens is 3. The molecule has 0 amide bonds. The molecular weight excluding hydrogens is 467 g/mol. The van der Waals surface area contributed by atoms with E-state index in [1.54, 1.807) is 18.0 Å². The fourth-order valence-corrected chi connectivity index (χ4v) is 4.90. The SMILES string of the molecule is O=C(CCN1c2ccccc2Sc2ccccc21)OCc1cn(CC(=O)c2ccc(F)cc2)nn1. The summed E-state index contributed by atoms with van der Waals surface area (Å²) in [6.07, 6.45) is 1.76. The number of carbonyl (C=O) groups is 2. The zero-order valence-corrected chi connectivity index (χ0v) is 19.5. The minimum Gasteiger partial charge on any atom is -0.459 e. The monoisotopic (exact) mass is 488 g/mol. The lowest BCUT2D eigenvalue weighted by Crippen LogP contribution is -2.24. The fourth-order valence-electron chi connectivity index (χ4n) is 3.81. The number of halogens is 1. The van der Waals surface area contributed by atoms with E-state index in [1.807, 2.05) is 24.3 Å². The Hall–Kier alpha value is -3.98. The number of anilines is 2. The van der Waals surface area contributed by atoms with Gasteiger partial charge in [-0.15, -0.1) is 5.10 Å². The minimum absolute atomic E-state index is 0.0351. The maximum Gasteiger partial charge on any atom is 0.307 e. The van der Waals surface area contributed by atoms with E-state index in [0.29, 0.717) is 17.8 Å². The molecule has 0 atom stereocenters. The van der Waals surface area contributed by atoms with Crippen molar-refractivity contribution in [2.24, 2.45) is 0 Å². The predicted octanol–water partition coefficient (Wildman–Crippen LogP) is 5.04. The van der Waals surface area contributed by atoms with Gasteiger partial charge in [-0.3, -0.25) is 9.59 Å². The van der Waals surface area contributed by atoms with Crippen molar-refractivity contribution in [2.75, 3.05) is 11.4 Å². The zero-order chi connectivity index (χ0) is 24.2. The van der Waals surface area contributed by atoms with Gasteiger partial charge in [0.25, 0.3) is 0 Å². The number of rotatable bonds is 8. The third-order valence-electron chi connectivity index (χ3n) is 5.51. The second kappa shape index (κ2) is 10.1. The highest BCUT2D eigenvalue weighted by Gasteiger charge is 2.23. The van der Waals surface area contributed by atoms with E-state index in [-0.39, 0.29) is 31.3 Å². The topological polar surface area (TPSA) is 77.3 Å². The number of benzene rings is 3. The Morgan fingerprint density at radius 1 is 0.914 bits per heavy atom. The summed E-state index contributed by atoms with van der Waals surface area (Å²) in [4.78, 5) is 29.2. The van der Waals surface area contributed by atoms with Crippen LogP contribution in [0.15, 0.2) is 88.8 Å². The highest BCUT2D eigenvalue weighted by Crippen LogP contribution is 2.47. The first-order valence-corrected chi connectivity index (χ1v) is 11.9. The molecular formula is C26H21FN4O3S. The van der Waals surface area contributed by atoms with E-state index < -0.39 is 5.82 Å². The molecule has 3 aromatic carbocycles. The third-order valence-corrected chi connectivity index (χ3v) is 6.64. The van der Waals surface area contributed by atoms with Crippen molar-refractivity contribution in [3.63, 3.8) is 0 Å². The number of ether oxygens (including phenoxy) is 1. The molecule has 0 radical (unpaired) electrons. The lowest BCUT2D eigenvalue weighted by atomic mass is 10.1. The van der Waals surface area contributed by atoms with Crippen molar-refractivity contribution in [1.29, 1.82) is 0 Å². The second-order valence-electron chi connectivity index (χ2n) is 7.94. The molecule has 0 fully saturated rings. The van der Waals surface area contributed by atoms with E-state index in [0.717, 1.165) is 21.2 Å². The first kappa shape index (κ1) is 22.8. The summed E-state index contributed by atoms with van der Waals surface area (Å²) in [7, 11) is 0. The third kappa shape index (κ3) is 5.25. The molecule has 0 aliphatic carbocycles. The van der Waals surface area contributed by atoms with Crippen LogP contribution in [0.5, 0.6) is 0 Å². The molecule has 0 saturated carbocycles. The summed E-state index contributed by atoms with van der Waals surface area (Å²) >= 11 is 1.72. The molecule has 2 heterocycles. The minimum atomic E-state index is -0.404. The Bertz CT molecular complexity index is 1330. The zero-order valence-electron chi connectivity index (χ0n) is 18.6. The number of hydrogen-bond donors (Lipinski definition) is 0. The Morgan fingerprint density at radius 2 is 1.57 bits per heavy atom. The molecule has 9 heteroatoms. The van der Waals surface area contributed by atoms with Crippen molar-refractivity contribution in [3.05, 3.63) is 96.1 Å². The van der Waals surface area contributed by atoms with Gasteiger partial charge in [0.1, 0.15) is 24.7 Å². The number of fused-ring (bicyclic) bond motifs is 2. The first-order chi connectivity index (χ1) is 17.1. The Kier molecular flexibility index (Phi) is 6.58. The lowest BCUT2D eigenvalue weighted by molar-refractivity contribution is -0.144. The van der Waals surface area contributed by atoms with Gasteiger partial charge in [0.05, 0.1) is 24.0 Å². The smallest absolute Gasteiger partial charge is 0.307 e. The van der Waals surface area contributed by atoms with Gasteiger partial charge in [-0.25, -0.2) is 9.07 Å². The number of hydrogen-bond acceptors (Lipinski definition) is 7. The highest BCUT2D eigenvalue weighted by molar-refractivity contribution is 7.99. The average molecular weight is 489 g/mol. The highest BCUT2D eigenvalue weighted by atomic mass is 32.2. The van der Waals surface area contributed by atoms with Crippen LogP contribution in [0.4, 0.5) is 15.8 Å². The standard InChI is InChI=1S/C26H21FN4O3S/c27-19-11-9-18(10-12-19)23(32)16-30-15-20(28-29-30)17-34-26(33)13-14-31-21-5-1-3-7-24(21)35-25-8-4-2-6-22(25)31/h1-12,15H,13-14,16-17H2. The van der Waals surface area contributed by atoms with Crippen LogP contribution < -0.4 is 4.90 Å². The van der Waals surface area contributed by atoms with Crippen LogP contribution in [-0.2, 0) is 22.7 Å². The Morgan fingerprint density at radius 3 is 2.26 bits per heavy atom. The van der Waals surface area contributed by atoms with Crippen LogP contribution in [-0.4, -0.2) is 33.3 Å². The van der Waals surface area contributed by atoms with E-state index in [2.05, 4.69) is 39.5 Å². The van der Waals surface area contributed by atoms with E-state index in [4.69, 9.17) is 4.74 Å². The Balaban J connectivity index is 1.16. The number of Topliss-reactive ketones (excluding diaryl/α,β-unsaturated/α-hetero) is 1. The number of nitrogens with zero attached hydrogens (tertiary/aromatic N) is 4. The number of carbonyl (C=O) groups excluding carboxylic acids is 2. The summed E-state index contributed by atoms with van der Waals surface area (Å²) in [5.74, 6) is -0.979. The number of esters is 1. The average Bonchev–Trinajstić information content (AvgIpc) is 3.32. The van der Waals surface area contributed by atoms with Crippen LogP contribution in [0.3, 0.4) is 0 Å². The molecule has 1 aromatic heterocycles. The quantitative estimate of drug-likeness (QED) is 0.254. The van der Waals surface area contributed by atoms with Crippen LogP contribution in [0.25, 0.3) is 0 Å². The molecule has 0 N–H and O–H groups in total. The van der Waals surface area contributed by atoms with E-state index in [9.17, 15) is 14.0 Å². The summed E-state index contributed by atoms with van der Waals surface area (Å²) in [5.41, 5.74) is 2.96.